The first-order chi connectivity index (χ1) is 10.2. The van der Waals surface area contributed by atoms with E-state index in [1.54, 1.807) is 12.3 Å². The zero-order valence-corrected chi connectivity index (χ0v) is 12.8. The Morgan fingerprint density at radius 2 is 2.33 bits per heavy atom. The lowest BCUT2D eigenvalue weighted by molar-refractivity contribution is -0.0246. The second-order valence-corrected chi connectivity index (χ2v) is 5.06. The summed E-state index contributed by atoms with van der Waals surface area (Å²) >= 11 is 0. The number of hydrogen-bond acceptors (Lipinski definition) is 5. The molecule has 0 aliphatic carbocycles. The fourth-order valence-corrected chi connectivity index (χ4v) is 2.31. The molecule has 0 saturated carbocycles. The van der Waals surface area contributed by atoms with Crippen LogP contribution in [0.4, 0.5) is 5.82 Å². The third-order valence-electron chi connectivity index (χ3n) is 3.54. The Labute approximate surface area is 125 Å². The average Bonchev–Trinajstić information content (AvgIpc) is 2.54. The number of carbonyl (C=O) groups is 1. The zero-order valence-electron chi connectivity index (χ0n) is 12.8. The number of aromatic nitrogens is 1. The fourth-order valence-electron chi connectivity index (χ4n) is 2.31. The van der Waals surface area contributed by atoms with E-state index in [4.69, 9.17) is 4.74 Å². The molecular weight excluding hydrogens is 268 g/mol. The van der Waals surface area contributed by atoms with E-state index in [9.17, 15) is 4.79 Å². The highest BCUT2D eigenvalue weighted by Gasteiger charge is 2.19. The average molecular weight is 292 g/mol. The number of nitrogens with one attached hydrogen (secondary N) is 2. The number of pyridine rings is 1. The zero-order chi connectivity index (χ0) is 15.1. The first-order valence-corrected chi connectivity index (χ1v) is 7.55. The molecule has 0 aromatic carbocycles. The van der Waals surface area contributed by atoms with Gasteiger partial charge in [0.1, 0.15) is 5.82 Å². The Balaban J connectivity index is 1.81. The number of anilines is 1. The van der Waals surface area contributed by atoms with E-state index >= 15 is 0 Å². The molecule has 1 amide bonds. The van der Waals surface area contributed by atoms with Gasteiger partial charge in [-0.1, -0.05) is 6.92 Å². The molecule has 0 radical (unpaired) electrons. The largest absolute Gasteiger partial charge is 0.374 e. The van der Waals surface area contributed by atoms with E-state index in [1.807, 2.05) is 13.0 Å². The third-order valence-corrected chi connectivity index (χ3v) is 3.54. The predicted molar refractivity (Wildman–Crippen MR) is 82.6 cm³/mol. The van der Waals surface area contributed by atoms with Gasteiger partial charge >= 0.3 is 0 Å². The normalized spacial score (nSPS) is 19.2. The standard InChI is InChI=1S/C15H24N4O2/c1-3-16-14-6-5-12(9-17-14)15(20)18-10-13-11-19(4-2)7-8-21-13/h5-6,9,13H,3-4,7-8,10-11H2,1-2H3,(H,16,17)(H,18,20). The third kappa shape index (κ3) is 4.68. The Morgan fingerprint density at radius 1 is 1.48 bits per heavy atom. The molecule has 1 aliphatic heterocycles. The van der Waals surface area contributed by atoms with Crippen molar-refractivity contribution in [3.05, 3.63) is 23.9 Å². The van der Waals surface area contributed by atoms with Gasteiger partial charge in [0, 0.05) is 32.4 Å². The van der Waals surface area contributed by atoms with Crippen LogP contribution < -0.4 is 10.6 Å². The van der Waals surface area contributed by atoms with Crippen LogP contribution in [0.5, 0.6) is 0 Å². The maximum Gasteiger partial charge on any atom is 0.252 e. The maximum atomic E-state index is 12.1. The SMILES string of the molecule is CCNc1ccc(C(=O)NCC2CN(CC)CCO2)cn1. The summed E-state index contributed by atoms with van der Waals surface area (Å²) in [5, 5.41) is 6.01. The lowest BCUT2D eigenvalue weighted by Gasteiger charge is -2.32. The second-order valence-electron chi connectivity index (χ2n) is 5.06. The summed E-state index contributed by atoms with van der Waals surface area (Å²) in [5.41, 5.74) is 0.569. The quantitative estimate of drug-likeness (QED) is 0.817. The first-order valence-electron chi connectivity index (χ1n) is 7.55. The number of ether oxygens (including phenoxy) is 1. The van der Waals surface area contributed by atoms with Gasteiger partial charge in [0.05, 0.1) is 18.3 Å². The van der Waals surface area contributed by atoms with Crippen LogP contribution in [-0.2, 0) is 4.74 Å². The molecule has 0 bridgehead atoms. The van der Waals surface area contributed by atoms with Crippen molar-refractivity contribution in [3.8, 4) is 0 Å². The summed E-state index contributed by atoms with van der Waals surface area (Å²) in [6.45, 7) is 9.07. The molecule has 6 nitrogen and oxygen atoms in total. The second kappa shape index (κ2) is 7.95. The molecule has 1 aromatic rings. The Kier molecular flexibility index (Phi) is 5.95. The van der Waals surface area contributed by atoms with Crippen LogP contribution in [0.25, 0.3) is 0 Å². The molecule has 6 heteroatoms. The molecule has 21 heavy (non-hydrogen) atoms. The predicted octanol–water partition coefficient (Wildman–Crippen LogP) is 0.964. The molecular formula is C15H24N4O2. The summed E-state index contributed by atoms with van der Waals surface area (Å²) in [6, 6.07) is 3.59. The topological polar surface area (TPSA) is 66.5 Å². The van der Waals surface area contributed by atoms with Crippen LogP contribution in [0, 0.1) is 0 Å². The maximum absolute atomic E-state index is 12.1. The summed E-state index contributed by atoms with van der Waals surface area (Å²) in [5.74, 6) is 0.672. The molecule has 0 spiro atoms. The van der Waals surface area contributed by atoms with E-state index in [1.165, 1.54) is 0 Å². The molecule has 1 unspecified atom stereocenters. The van der Waals surface area contributed by atoms with E-state index in [-0.39, 0.29) is 12.0 Å². The van der Waals surface area contributed by atoms with Crippen LogP contribution >= 0.6 is 0 Å². The number of nitrogens with zero attached hydrogens (tertiary/aromatic N) is 2. The van der Waals surface area contributed by atoms with Crippen LogP contribution in [0.3, 0.4) is 0 Å². The number of likely N-dealkylation sites (N-methyl/N-ethyl adjacent to an activating group) is 1. The molecule has 116 valence electrons. The first kappa shape index (κ1) is 15.7. The van der Waals surface area contributed by atoms with Gasteiger partial charge in [-0.15, -0.1) is 0 Å². The Morgan fingerprint density at radius 3 is 3.00 bits per heavy atom. The van der Waals surface area contributed by atoms with Crippen molar-refractivity contribution in [2.45, 2.75) is 20.0 Å². The van der Waals surface area contributed by atoms with Gasteiger partial charge in [0.15, 0.2) is 0 Å². The summed E-state index contributed by atoms with van der Waals surface area (Å²) in [6.07, 6.45) is 1.66. The van der Waals surface area contributed by atoms with Gasteiger partial charge in [-0.05, 0) is 25.6 Å². The van der Waals surface area contributed by atoms with E-state index < -0.39 is 0 Å². The van der Waals surface area contributed by atoms with Crippen molar-refractivity contribution >= 4 is 11.7 Å². The van der Waals surface area contributed by atoms with Crippen molar-refractivity contribution in [1.29, 1.82) is 0 Å². The highest BCUT2D eigenvalue weighted by Crippen LogP contribution is 2.06. The minimum absolute atomic E-state index is 0.0663. The molecule has 2 rings (SSSR count). The molecule has 1 saturated heterocycles. The van der Waals surface area contributed by atoms with Gasteiger partial charge in [-0.3, -0.25) is 9.69 Å². The fraction of sp³-hybridized carbons (Fsp3) is 0.600. The summed E-state index contributed by atoms with van der Waals surface area (Å²) in [7, 11) is 0. The van der Waals surface area contributed by atoms with Gasteiger partial charge in [-0.2, -0.15) is 0 Å². The molecule has 2 heterocycles. The lowest BCUT2D eigenvalue weighted by atomic mass is 10.2. The molecule has 1 aromatic heterocycles. The molecule has 1 atom stereocenters. The number of morpholine rings is 1. The van der Waals surface area contributed by atoms with Crippen molar-refractivity contribution in [2.24, 2.45) is 0 Å². The number of amides is 1. The smallest absolute Gasteiger partial charge is 0.252 e. The van der Waals surface area contributed by atoms with Crippen LogP contribution in [0.2, 0.25) is 0 Å². The summed E-state index contributed by atoms with van der Waals surface area (Å²) in [4.78, 5) is 18.6. The van der Waals surface area contributed by atoms with E-state index in [0.29, 0.717) is 12.1 Å². The highest BCUT2D eigenvalue weighted by molar-refractivity contribution is 5.94. The number of hydrogen-bond donors (Lipinski definition) is 2. The minimum atomic E-state index is -0.109. The van der Waals surface area contributed by atoms with Gasteiger partial charge < -0.3 is 15.4 Å². The minimum Gasteiger partial charge on any atom is -0.374 e. The van der Waals surface area contributed by atoms with E-state index in [0.717, 1.165) is 38.6 Å². The highest BCUT2D eigenvalue weighted by atomic mass is 16.5. The van der Waals surface area contributed by atoms with Gasteiger partial charge in [0.2, 0.25) is 0 Å². The molecule has 1 aliphatic rings. The van der Waals surface area contributed by atoms with Crippen molar-refractivity contribution in [3.63, 3.8) is 0 Å². The monoisotopic (exact) mass is 292 g/mol. The van der Waals surface area contributed by atoms with Crippen LogP contribution in [0.1, 0.15) is 24.2 Å². The Bertz CT molecular complexity index is 449. The van der Waals surface area contributed by atoms with Crippen molar-refractivity contribution in [2.75, 3.05) is 44.6 Å². The molecule has 1 fully saturated rings. The Hall–Kier alpha value is -1.66. The van der Waals surface area contributed by atoms with Gasteiger partial charge in [0.25, 0.3) is 5.91 Å². The van der Waals surface area contributed by atoms with Crippen molar-refractivity contribution < 1.29 is 9.53 Å². The summed E-state index contributed by atoms with van der Waals surface area (Å²) < 4.78 is 5.67. The number of rotatable bonds is 6. The number of carbonyl (C=O) groups excluding carboxylic acids is 1. The van der Waals surface area contributed by atoms with E-state index in [2.05, 4.69) is 27.4 Å². The lowest BCUT2D eigenvalue weighted by Crippen LogP contribution is -2.47. The molecule has 2 N–H and O–H groups in total. The van der Waals surface area contributed by atoms with Crippen LogP contribution in [0.15, 0.2) is 18.3 Å². The van der Waals surface area contributed by atoms with Crippen molar-refractivity contribution in [1.82, 2.24) is 15.2 Å². The van der Waals surface area contributed by atoms with Gasteiger partial charge in [-0.25, -0.2) is 4.98 Å². The van der Waals surface area contributed by atoms with Crippen LogP contribution in [-0.4, -0.2) is 61.2 Å².